The van der Waals surface area contributed by atoms with Gasteiger partial charge < -0.3 is 20.3 Å². The summed E-state index contributed by atoms with van der Waals surface area (Å²) < 4.78 is 11.1. The summed E-state index contributed by atoms with van der Waals surface area (Å²) >= 11 is 0. The molecule has 1 aromatic carbocycles. The number of hydrogen-bond acceptors (Lipinski definition) is 5. The molecule has 3 N–H and O–H groups in total. The number of rotatable bonds is 4. The second-order valence-electron chi connectivity index (χ2n) is 7.70. The molecule has 0 spiro atoms. The summed E-state index contributed by atoms with van der Waals surface area (Å²) in [6, 6.07) is 7.13. The number of carbonyl (C=O) groups is 2. The predicted molar refractivity (Wildman–Crippen MR) is 97.5 cm³/mol. The molecule has 25 heavy (non-hydrogen) atoms. The highest BCUT2D eigenvalue weighted by molar-refractivity contribution is 5.71. The lowest BCUT2D eigenvalue weighted by Crippen LogP contribution is -2.26. The van der Waals surface area contributed by atoms with Crippen molar-refractivity contribution in [2.24, 2.45) is 5.73 Å². The Morgan fingerprint density at radius 3 is 2.08 bits per heavy atom. The van der Waals surface area contributed by atoms with Gasteiger partial charge in [-0.25, -0.2) is 0 Å². The van der Waals surface area contributed by atoms with Crippen LogP contribution >= 0.6 is 0 Å². The van der Waals surface area contributed by atoms with Crippen molar-refractivity contribution in [3.8, 4) is 5.75 Å². The minimum atomic E-state index is -0.833. The average Bonchev–Trinajstić information content (AvgIpc) is 2.33. The van der Waals surface area contributed by atoms with E-state index in [0.29, 0.717) is 0 Å². The smallest absolute Gasteiger partial charge is 0.308 e. The van der Waals surface area contributed by atoms with Crippen molar-refractivity contribution in [1.29, 1.82) is 0 Å². The first-order valence-corrected chi connectivity index (χ1v) is 8.15. The van der Waals surface area contributed by atoms with E-state index >= 15 is 0 Å². The molecule has 6 nitrogen and oxygen atoms in total. The molecule has 0 aliphatic rings. The second-order valence-corrected chi connectivity index (χ2v) is 7.70. The van der Waals surface area contributed by atoms with E-state index in [-0.39, 0.29) is 18.0 Å². The highest BCUT2D eigenvalue weighted by Crippen LogP contribution is 2.24. The van der Waals surface area contributed by atoms with Crippen LogP contribution in [-0.4, -0.2) is 28.2 Å². The van der Waals surface area contributed by atoms with Gasteiger partial charge in [0.1, 0.15) is 17.0 Å². The van der Waals surface area contributed by atoms with Gasteiger partial charge in [-0.2, -0.15) is 0 Å². The summed E-state index contributed by atoms with van der Waals surface area (Å²) in [5, 5.41) is 7.42. The molecule has 1 rings (SSSR count). The van der Waals surface area contributed by atoms with E-state index in [1.165, 1.54) is 0 Å². The highest BCUT2D eigenvalue weighted by atomic mass is 16.6. The summed E-state index contributed by atoms with van der Waals surface area (Å²) in [7, 11) is 0. The summed E-state index contributed by atoms with van der Waals surface area (Å²) in [4.78, 5) is 20.8. The Kier molecular flexibility index (Phi) is 8.63. The van der Waals surface area contributed by atoms with Crippen LogP contribution in [0.5, 0.6) is 5.75 Å². The number of benzene rings is 1. The highest BCUT2D eigenvalue weighted by Gasteiger charge is 2.20. The number of aliphatic carboxylic acids is 1. The van der Waals surface area contributed by atoms with Crippen molar-refractivity contribution < 1.29 is 24.2 Å². The zero-order valence-corrected chi connectivity index (χ0v) is 16.3. The number of nitrogens with two attached hydrogens (primary N) is 1. The molecule has 142 valence electrons. The van der Waals surface area contributed by atoms with Crippen LogP contribution in [0.4, 0.5) is 0 Å². The first kappa shape index (κ1) is 22.9. The molecule has 0 radical (unpaired) electrons. The van der Waals surface area contributed by atoms with Crippen LogP contribution in [0.3, 0.4) is 0 Å². The van der Waals surface area contributed by atoms with E-state index < -0.39 is 17.6 Å². The van der Waals surface area contributed by atoms with Gasteiger partial charge in [-0.05, 0) is 59.2 Å². The minimum absolute atomic E-state index is 0.149. The summed E-state index contributed by atoms with van der Waals surface area (Å²) in [5.74, 6) is -0.378. The molecule has 0 bridgehead atoms. The molecule has 0 aliphatic heterocycles. The Morgan fingerprint density at radius 2 is 1.64 bits per heavy atom. The Labute approximate surface area is 150 Å². The number of esters is 1. The third-order valence-electron chi connectivity index (χ3n) is 2.52. The lowest BCUT2D eigenvalue weighted by Gasteiger charge is -2.23. The number of hydrogen-bond donors (Lipinski definition) is 2. The van der Waals surface area contributed by atoms with Crippen LogP contribution in [0.1, 0.15) is 66.5 Å². The van der Waals surface area contributed by atoms with Crippen LogP contribution in [0.2, 0.25) is 0 Å². The minimum Gasteiger partial charge on any atom is -0.488 e. The lowest BCUT2D eigenvalue weighted by molar-refractivity contribution is -0.155. The van der Waals surface area contributed by atoms with E-state index in [1.807, 2.05) is 65.8 Å². The standard InChI is InChI=1S/C17H27NO3.C2H4O2/c1-16(2,3)20-13-9-7-8-12(10-13)14(18)11-15(19)21-17(4,5)6;1-2(3)4/h7-10,14H,11,18H2,1-6H3;1H3,(H,3,4). The molecule has 1 aromatic rings. The van der Waals surface area contributed by atoms with Gasteiger partial charge in [0.25, 0.3) is 5.97 Å². The molecule has 6 heteroatoms. The summed E-state index contributed by atoms with van der Waals surface area (Å²) in [5.41, 5.74) is 6.19. The van der Waals surface area contributed by atoms with Gasteiger partial charge in [-0.15, -0.1) is 0 Å². The lowest BCUT2D eigenvalue weighted by atomic mass is 10.0. The largest absolute Gasteiger partial charge is 0.488 e. The third-order valence-corrected chi connectivity index (χ3v) is 2.52. The molecule has 0 saturated carbocycles. The van der Waals surface area contributed by atoms with E-state index in [2.05, 4.69) is 0 Å². The molecule has 0 aliphatic carbocycles. The molecule has 0 aromatic heterocycles. The number of ether oxygens (including phenoxy) is 2. The van der Waals surface area contributed by atoms with Crippen molar-refractivity contribution in [3.63, 3.8) is 0 Å². The summed E-state index contributed by atoms with van der Waals surface area (Å²) in [6.07, 6.45) is 0.149. The predicted octanol–water partition coefficient (Wildman–Crippen LogP) is 3.69. The Bertz CT molecular complexity index is 566. The summed E-state index contributed by atoms with van der Waals surface area (Å²) in [6.45, 7) is 12.6. The van der Waals surface area contributed by atoms with Crippen LogP contribution < -0.4 is 10.5 Å². The van der Waals surface area contributed by atoms with Crippen LogP contribution in [0.25, 0.3) is 0 Å². The zero-order chi connectivity index (χ0) is 19.8. The fourth-order valence-electron chi connectivity index (χ4n) is 1.84. The SMILES string of the molecule is CC(=O)O.CC(C)(C)OC(=O)CC(N)c1cccc(OC(C)(C)C)c1. The number of carboxylic acid groups (broad SMARTS) is 1. The first-order chi connectivity index (χ1) is 11.2. The van der Waals surface area contributed by atoms with E-state index in [0.717, 1.165) is 18.2 Å². The molecular weight excluding hydrogens is 322 g/mol. The number of carboxylic acids is 1. The second kappa shape index (κ2) is 9.42. The van der Waals surface area contributed by atoms with Crippen molar-refractivity contribution in [3.05, 3.63) is 29.8 Å². The Morgan fingerprint density at radius 1 is 1.12 bits per heavy atom. The maximum atomic E-state index is 11.8. The van der Waals surface area contributed by atoms with Gasteiger partial charge in [-0.1, -0.05) is 12.1 Å². The van der Waals surface area contributed by atoms with E-state index in [4.69, 9.17) is 25.1 Å². The van der Waals surface area contributed by atoms with Crippen molar-refractivity contribution in [1.82, 2.24) is 0 Å². The van der Waals surface area contributed by atoms with Gasteiger partial charge in [0.05, 0.1) is 6.42 Å². The first-order valence-electron chi connectivity index (χ1n) is 8.15. The van der Waals surface area contributed by atoms with Gasteiger partial charge in [0.2, 0.25) is 0 Å². The monoisotopic (exact) mass is 353 g/mol. The van der Waals surface area contributed by atoms with Crippen LogP contribution in [-0.2, 0) is 14.3 Å². The van der Waals surface area contributed by atoms with Crippen molar-refractivity contribution in [2.45, 2.75) is 72.1 Å². The quantitative estimate of drug-likeness (QED) is 0.801. The molecule has 0 amide bonds. The van der Waals surface area contributed by atoms with Gasteiger partial charge >= 0.3 is 5.97 Å². The van der Waals surface area contributed by atoms with E-state index in [9.17, 15) is 4.79 Å². The maximum absolute atomic E-state index is 11.8. The maximum Gasteiger partial charge on any atom is 0.308 e. The molecule has 1 atom stereocenters. The van der Waals surface area contributed by atoms with Crippen molar-refractivity contribution >= 4 is 11.9 Å². The molecule has 0 fully saturated rings. The van der Waals surface area contributed by atoms with Crippen LogP contribution in [0.15, 0.2) is 24.3 Å². The molecule has 0 saturated heterocycles. The Hall–Kier alpha value is -2.08. The Balaban J connectivity index is 0.00000129. The fraction of sp³-hybridized carbons (Fsp3) is 0.579. The molecule has 1 unspecified atom stereocenters. The average molecular weight is 353 g/mol. The fourth-order valence-corrected chi connectivity index (χ4v) is 1.84. The normalized spacial score (nSPS) is 12.5. The number of carbonyl (C=O) groups excluding carboxylic acids is 1. The topological polar surface area (TPSA) is 98.9 Å². The van der Waals surface area contributed by atoms with E-state index in [1.54, 1.807) is 0 Å². The van der Waals surface area contributed by atoms with Gasteiger partial charge in [-0.3, -0.25) is 9.59 Å². The van der Waals surface area contributed by atoms with Gasteiger partial charge in [0, 0.05) is 13.0 Å². The van der Waals surface area contributed by atoms with Gasteiger partial charge in [0.15, 0.2) is 0 Å². The zero-order valence-electron chi connectivity index (χ0n) is 16.3. The molecule has 0 heterocycles. The van der Waals surface area contributed by atoms with Crippen molar-refractivity contribution in [2.75, 3.05) is 0 Å². The third kappa shape index (κ3) is 12.9. The molecular formula is C19H31NO5. The van der Waals surface area contributed by atoms with Crippen LogP contribution in [0, 0.1) is 0 Å².